The average molecular weight is 274 g/mol. The molecule has 0 aromatic heterocycles. The summed E-state index contributed by atoms with van der Waals surface area (Å²) in [6.07, 6.45) is 10.2. The highest BCUT2D eigenvalue weighted by atomic mass is 14.3. The predicted octanol–water partition coefficient (Wildman–Crippen LogP) is 6.00. The zero-order valence-electron chi connectivity index (χ0n) is 12.7. The van der Waals surface area contributed by atoms with Crippen molar-refractivity contribution >= 4 is 10.8 Å². The Kier molecular flexibility index (Phi) is 3.18. The maximum absolute atomic E-state index is 2.54. The molecule has 0 amide bonds. The molecular formula is C21H22. The molecule has 0 spiro atoms. The third-order valence-electron chi connectivity index (χ3n) is 5.16. The van der Waals surface area contributed by atoms with Crippen molar-refractivity contribution in [3.05, 3.63) is 71.3 Å². The Balaban J connectivity index is 1.83. The van der Waals surface area contributed by atoms with Gasteiger partial charge in [0, 0.05) is 5.92 Å². The van der Waals surface area contributed by atoms with Crippen LogP contribution < -0.4 is 0 Å². The molecule has 0 heteroatoms. The fourth-order valence-electron chi connectivity index (χ4n) is 4.07. The van der Waals surface area contributed by atoms with E-state index in [9.17, 15) is 0 Å². The van der Waals surface area contributed by atoms with Gasteiger partial charge in [-0.25, -0.2) is 0 Å². The number of hydrogen-bond acceptors (Lipinski definition) is 0. The first-order valence-electron chi connectivity index (χ1n) is 8.27. The first-order valence-corrected chi connectivity index (χ1v) is 8.27. The molecule has 0 aliphatic heterocycles. The summed E-state index contributed by atoms with van der Waals surface area (Å²) < 4.78 is 0. The molecule has 2 aliphatic carbocycles. The zero-order chi connectivity index (χ0) is 14.2. The average Bonchev–Trinajstić information content (AvgIpc) is 2.97. The number of rotatable bonds is 2. The molecule has 0 radical (unpaired) electrons. The van der Waals surface area contributed by atoms with Crippen molar-refractivity contribution in [1.82, 2.24) is 0 Å². The largest absolute Gasteiger partial charge is 0.0741 e. The lowest BCUT2D eigenvalue weighted by molar-refractivity contribution is 0.612. The van der Waals surface area contributed by atoms with Gasteiger partial charge in [-0.1, -0.05) is 61.5 Å². The second-order valence-corrected chi connectivity index (χ2v) is 6.40. The maximum Gasteiger partial charge on any atom is 0.00952 e. The Morgan fingerprint density at radius 3 is 2.76 bits per heavy atom. The van der Waals surface area contributed by atoms with Crippen molar-refractivity contribution in [1.29, 1.82) is 0 Å². The third-order valence-corrected chi connectivity index (χ3v) is 5.16. The van der Waals surface area contributed by atoms with E-state index < -0.39 is 0 Å². The van der Waals surface area contributed by atoms with Crippen LogP contribution in [0.2, 0.25) is 0 Å². The summed E-state index contributed by atoms with van der Waals surface area (Å²) in [6, 6.07) is 15.6. The summed E-state index contributed by atoms with van der Waals surface area (Å²) >= 11 is 0. The molecule has 106 valence electrons. The fraction of sp³-hybridized carbons (Fsp3) is 0.333. The molecule has 2 aromatic carbocycles. The second kappa shape index (κ2) is 5.18. The molecule has 1 fully saturated rings. The van der Waals surface area contributed by atoms with Crippen LogP contribution in [0.5, 0.6) is 0 Å². The second-order valence-electron chi connectivity index (χ2n) is 6.40. The highest BCUT2D eigenvalue weighted by Crippen LogP contribution is 2.46. The molecule has 0 N–H and O–H groups in total. The smallest absolute Gasteiger partial charge is 0.00952 e. The van der Waals surface area contributed by atoms with E-state index in [1.807, 2.05) is 0 Å². The van der Waals surface area contributed by atoms with E-state index in [0.717, 1.165) is 0 Å². The molecule has 0 bridgehead atoms. The van der Waals surface area contributed by atoms with Crippen molar-refractivity contribution < 1.29 is 0 Å². The number of allylic oxidation sites excluding steroid dienone is 4. The van der Waals surface area contributed by atoms with Crippen LogP contribution in [-0.2, 0) is 0 Å². The van der Waals surface area contributed by atoms with E-state index in [-0.39, 0.29) is 0 Å². The topological polar surface area (TPSA) is 0 Å². The minimum atomic E-state index is 0.604. The van der Waals surface area contributed by atoms with E-state index in [2.05, 4.69) is 61.5 Å². The van der Waals surface area contributed by atoms with Crippen LogP contribution in [-0.4, -0.2) is 0 Å². The van der Waals surface area contributed by atoms with E-state index in [1.165, 1.54) is 42.0 Å². The molecule has 0 saturated heterocycles. The third kappa shape index (κ3) is 2.14. The Morgan fingerprint density at radius 2 is 1.86 bits per heavy atom. The quantitative estimate of drug-likeness (QED) is 0.630. The molecule has 2 aromatic rings. The van der Waals surface area contributed by atoms with Crippen LogP contribution in [0.25, 0.3) is 10.8 Å². The standard InChI is InChI=1S/C21H22/c1-2-15-13-17-9-6-12-20(21(17)14-15)19-11-5-8-16-7-3-4-10-18(16)19/h3-5,7-8,10-11,13-15,20H,2,6,9,12H2,1H3. The van der Waals surface area contributed by atoms with Gasteiger partial charge in [0.15, 0.2) is 0 Å². The summed E-state index contributed by atoms with van der Waals surface area (Å²) in [5, 5.41) is 2.81. The van der Waals surface area contributed by atoms with Crippen LogP contribution in [0.3, 0.4) is 0 Å². The normalized spacial score (nSPS) is 24.6. The molecule has 2 aliphatic rings. The van der Waals surface area contributed by atoms with Gasteiger partial charge < -0.3 is 0 Å². The summed E-state index contributed by atoms with van der Waals surface area (Å²) in [6.45, 7) is 2.29. The van der Waals surface area contributed by atoms with Gasteiger partial charge in [0.05, 0.1) is 0 Å². The molecule has 1 saturated carbocycles. The van der Waals surface area contributed by atoms with E-state index in [4.69, 9.17) is 0 Å². The fourth-order valence-corrected chi connectivity index (χ4v) is 4.07. The Bertz CT molecular complexity index is 727. The van der Waals surface area contributed by atoms with Gasteiger partial charge in [-0.3, -0.25) is 0 Å². The van der Waals surface area contributed by atoms with Crippen LogP contribution in [0.15, 0.2) is 65.8 Å². The van der Waals surface area contributed by atoms with Crippen molar-refractivity contribution in [3.8, 4) is 0 Å². The van der Waals surface area contributed by atoms with E-state index in [0.29, 0.717) is 11.8 Å². The Morgan fingerprint density at radius 1 is 1.00 bits per heavy atom. The van der Waals surface area contributed by atoms with Gasteiger partial charge >= 0.3 is 0 Å². The van der Waals surface area contributed by atoms with Gasteiger partial charge in [0.25, 0.3) is 0 Å². The highest BCUT2D eigenvalue weighted by Gasteiger charge is 2.29. The molecule has 21 heavy (non-hydrogen) atoms. The molecule has 0 nitrogen and oxygen atoms in total. The van der Waals surface area contributed by atoms with Crippen molar-refractivity contribution in [2.75, 3.05) is 0 Å². The number of benzene rings is 2. The van der Waals surface area contributed by atoms with Gasteiger partial charge in [0.1, 0.15) is 0 Å². The number of fused-ring (bicyclic) bond motifs is 2. The maximum atomic E-state index is 2.54. The van der Waals surface area contributed by atoms with E-state index in [1.54, 1.807) is 11.1 Å². The molecule has 2 unspecified atom stereocenters. The van der Waals surface area contributed by atoms with Crippen molar-refractivity contribution in [2.24, 2.45) is 5.92 Å². The van der Waals surface area contributed by atoms with Crippen LogP contribution in [0, 0.1) is 5.92 Å². The molecule has 0 heterocycles. The van der Waals surface area contributed by atoms with Crippen LogP contribution >= 0.6 is 0 Å². The summed E-state index contributed by atoms with van der Waals surface area (Å²) in [5.74, 6) is 1.28. The van der Waals surface area contributed by atoms with Crippen molar-refractivity contribution in [3.63, 3.8) is 0 Å². The lowest BCUT2D eigenvalue weighted by Crippen LogP contribution is -2.10. The molecule has 4 rings (SSSR count). The van der Waals surface area contributed by atoms with Gasteiger partial charge in [-0.2, -0.15) is 0 Å². The Labute approximate surface area is 127 Å². The first-order chi connectivity index (χ1) is 10.4. The van der Waals surface area contributed by atoms with Crippen LogP contribution in [0.4, 0.5) is 0 Å². The van der Waals surface area contributed by atoms with Crippen LogP contribution in [0.1, 0.15) is 44.1 Å². The zero-order valence-corrected chi connectivity index (χ0v) is 12.7. The number of hydrogen-bond donors (Lipinski definition) is 0. The minimum absolute atomic E-state index is 0.604. The lowest BCUT2D eigenvalue weighted by Gasteiger charge is -2.27. The van der Waals surface area contributed by atoms with Gasteiger partial charge in [-0.05, 0) is 59.1 Å². The Hall–Kier alpha value is -1.82. The first kappa shape index (κ1) is 12.9. The summed E-state index contributed by atoms with van der Waals surface area (Å²) in [5.41, 5.74) is 4.79. The minimum Gasteiger partial charge on any atom is -0.0741 e. The monoisotopic (exact) mass is 274 g/mol. The van der Waals surface area contributed by atoms with Gasteiger partial charge in [-0.15, -0.1) is 0 Å². The lowest BCUT2D eigenvalue weighted by atomic mass is 9.77. The van der Waals surface area contributed by atoms with Crippen molar-refractivity contribution in [2.45, 2.75) is 38.5 Å². The highest BCUT2D eigenvalue weighted by molar-refractivity contribution is 5.86. The molecular weight excluding hydrogens is 252 g/mol. The van der Waals surface area contributed by atoms with Gasteiger partial charge in [0.2, 0.25) is 0 Å². The summed E-state index contributed by atoms with van der Waals surface area (Å²) in [7, 11) is 0. The SMILES string of the molecule is CCC1C=C2CCCC(c3cccc4ccccc34)C2=C1. The van der Waals surface area contributed by atoms with E-state index >= 15 is 0 Å². The predicted molar refractivity (Wildman–Crippen MR) is 90.5 cm³/mol. The summed E-state index contributed by atoms with van der Waals surface area (Å²) in [4.78, 5) is 0. The molecule has 2 atom stereocenters.